The van der Waals surface area contributed by atoms with Crippen LogP contribution >= 0.6 is 11.3 Å². The molecule has 0 spiro atoms. The fourth-order valence-corrected chi connectivity index (χ4v) is 3.92. The third kappa shape index (κ3) is 4.66. The second-order valence-corrected chi connectivity index (χ2v) is 7.03. The molecule has 2 heterocycles. The summed E-state index contributed by atoms with van der Waals surface area (Å²) in [6.07, 6.45) is -0.00255. The number of para-hydroxylation sites is 1. The zero-order valence-electron chi connectivity index (χ0n) is 14.3. The summed E-state index contributed by atoms with van der Waals surface area (Å²) in [6, 6.07) is 10.5. The average molecular weight is 375 g/mol. The monoisotopic (exact) mass is 375 g/mol. The lowest BCUT2D eigenvalue weighted by atomic mass is 10.1. The first-order chi connectivity index (χ1) is 12.6. The summed E-state index contributed by atoms with van der Waals surface area (Å²) in [5.74, 6) is -0.214. The van der Waals surface area contributed by atoms with Crippen LogP contribution in [0, 0.1) is 10.1 Å². The number of thiophene rings is 1. The van der Waals surface area contributed by atoms with E-state index in [4.69, 9.17) is 4.74 Å². The lowest BCUT2D eigenvalue weighted by Crippen LogP contribution is -2.43. The molecule has 1 atom stereocenters. The Balaban J connectivity index is 1.63. The number of carbonyl (C=O) groups is 1. The van der Waals surface area contributed by atoms with Crippen molar-refractivity contribution in [1.82, 2.24) is 10.2 Å². The molecule has 1 amide bonds. The second-order valence-electron chi connectivity index (χ2n) is 6.05. The highest BCUT2D eigenvalue weighted by molar-refractivity contribution is 7.10. The van der Waals surface area contributed by atoms with E-state index in [9.17, 15) is 14.9 Å². The van der Waals surface area contributed by atoms with E-state index in [0.717, 1.165) is 13.1 Å². The first kappa shape index (κ1) is 18.5. The van der Waals surface area contributed by atoms with Crippen molar-refractivity contribution in [3.05, 3.63) is 62.3 Å². The summed E-state index contributed by atoms with van der Waals surface area (Å²) in [7, 11) is 0. The van der Waals surface area contributed by atoms with E-state index in [1.165, 1.54) is 10.9 Å². The average Bonchev–Trinajstić information content (AvgIpc) is 3.17. The summed E-state index contributed by atoms with van der Waals surface area (Å²) in [6.45, 7) is 3.49. The van der Waals surface area contributed by atoms with Gasteiger partial charge in [0.2, 0.25) is 5.91 Å². The minimum absolute atomic E-state index is 0.00255. The van der Waals surface area contributed by atoms with E-state index < -0.39 is 4.92 Å². The highest BCUT2D eigenvalue weighted by Gasteiger charge is 2.24. The Hall–Kier alpha value is -2.29. The molecule has 8 heteroatoms. The van der Waals surface area contributed by atoms with Crippen molar-refractivity contribution in [2.75, 3.05) is 32.8 Å². The van der Waals surface area contributed by atoms with E-state index in [2.05, 4.69) is 16.3 Å². The Labute approximate surface area is 155 Å². The van der Waals surface area contributed by atoms with Gasteiger partial charge in [-0.15, -0.1) is 11.3 Å². The molecular formula is C18H21N3O4S. The summed E-state index contributed by atoms with van der Waals surface area (Å²) in [4.78, 5) is 26.5. The SMILES string of the molecule is O=C(Cc1ccccc1[N+](=O)[O-])NC[C@@H](c1cccs1)N1CCOCC1. The number of rotatable bonds is 7. The molecule has 1 N–H and O–H groups in total. The molecule has 1 aromatic carbocycles. The molecule has 0 saturated carbocycles. The van der Waals surface area contributed by atoms with Crippen molar-refractivity contribution in [1.29, 1.82) is 0 Å². The predicted molar refractivity (Wildman–Crippen MR) is 99.3 cm³/mol. The van der Waals surface area contributed by atoms with Gasteiger partial charge in [0.15, 0.2) is 0 Å². The maximum absolute atomic E-state index is 12.4. The number of amides is 1. The van der Waals surface area contributed by atoms with Crippen LogP contribution in [0.2, 0.25) is 0 Å². The van der Waals surface area contributed by atoms with E-state index in [0.29, 0.717) is 25.3 Å². The first-order valence-corrected chi connectivity index (χ1v) is 9.37. The number of nitrogens with zero attached hydrogens (tertiary/aromatic N) is 2. The largest absolute Gasteiger partial charge is 0.379 e. The van der Waals surface area contributed by atoms with Crippen molar-refractivity contribution in [2.45, 2.75) is 12.5 Å². The molecule has 1 aromatic heterocycles. The summed E-state index contributed by atoms with van der Waals surface area (Å²) in [5.41, 5.74) is 0.402. The molecular weight excluding hydrogens is 354 g/mol. The van der Waals surface area contributed by atoms with Crippen molar-refractivity contribution in [2.24, 2.45) is 0 Å². The lowest BCUT2D eigenvalue weighted by Gasteiger charge is -2.34. The van der Waals surface area contributed by atoms with Crippen LogP contribution in [-0.4, -0.2) is 48.6 Å². The maximum Gasteiger partial charge on any atom is 0.273 e. The summed E-state index contributed by atoms with van der Waals surface area (Å²) < 4.78 is 5.42. The molecule has 3 rings (SSSR count). The van der Waals surface area contributed by atoms with Gasteiger partial charge in [-0.3, -0.25) is 19.8 Å². The number of morpholine rings is 1. The molecule has 0 aliphatic carbocycles. The molecule has 1 saturated heterocycles. The van der Waals surface area contributed by atoms with E-state index in [-0.39, 0.29) is 24.1 Å². The fraction of sp³-hybridized carbons (Fsp3) is 0.389. The topological polar surface area (TPSA) is 84.7 Å². The van der Waals surface area contributed by atoms with E-state index in [1.54, 1.807) is 29.5 Å². The van der Waals surface area contributed by atoms with Crippen LogP contribution in [0.1, 0.15) is 16.5 Å². The van der Waals surface area contributed by atoms with E-state index >= 15 is 0 Å². The third-order valence-corrected chi connectivity index (χ3v) is 5.36. The molecule has 0 radical (unpaired) electrons. The van der Waals surface area contributed by atoms with Crippen molar-refractivity contribution < 1.29 is 14.5 Å². The highest BCUT2D eigenvalue weighted by Crippen LogP contribution is 2.25. The van der Waals surface area contributed by atoms with Gasteiger partial charge in [0.1, 0.15) is 0 Å². The summed E-state index contributed by atoms with van der Waals surface area (Å²) >= 11 is 1.66. The smallest absolute Gasteiger partial charge is 0.273 e. The van der Waals surface area contributed by atoms with Crippen molar-refractivity contribution in [3.8, 4) is 0 Å². The lowest BCUT2D eigenvalue weighted by molar-refractivity contribution is -0.385. The van der Waals surface area contributed by atoms with E-state index in [1.807, 2.05) is 11.4 Å². The number of nitro groups is 1. The molecule has 1 aliphatic rings. The van der Waals surface area contributed by atoms with Crippen molar-refractivity contribution >= 4 is 22.9 Å². The molecule has 26 heavy (non-hydrogen) atoms. The Morgan fingerprint density at radius 2 is 2.04 bits per heavy atom. The van der Waals surface area contributed by atoms with Gasteiger partial charge < -0.3 is 10.1 Å². The minimum Gasteiger partial charge on any atom is -0.379 e. The maximum atomic E-state index is 12.4. The molecule has 138 valence electrons. The number of benzene rings is 1. The number of nitro benzene ring substituents is 1. The fourth-order valence-electron chi connectivity index (χ4n) is 3.06. The van der Waals surface area contributed by atoms with Gasteiger partial charge in [-0.1, -0.05) is 24.3 Å². The van der Waals surface area contributed by atoms with Crippen LogP contribution < -0.4 is 5.32 Å². The third-order valence-electron chi connectivity index (χ3n) is 4.39. The predicted octanol–water partition coefficient (Wildman–Crippen LogP) is 2.39. The molecule has 0 unspecified atom stereocenters. The number of nitrogens with one attached hydrogen (secondary N) is 1. The van der Waals surface area contributed by atoms with Crippen LogP contribution in [0.25, 0.3) is 0 Å². The van der Waals surface area contributed by atoms with Gasteiger partial charge in [-0.2, -0.15) is 0 Å². The van der Waals surface area contributed by atoms with Crippen LogP contribution in [0.4, 0.5) is 5.69 Å². The first-order valence-electron chi connectivity index (χ1n) is 8.49. The van der Waals surface area contributed by atoms with Gasteiger partial charge in [0, 0.05) is 36.1 Å². The standard InChI is InChI=1S/C18H21N3O4S/c22-18(12-14-4-1-2-5-15(14)21(23)24)19-13-16(17-6-3-11-26-17)20-7-9-25-10-8-20/h1-6,11,16H,7-10,12-13H2,(H,19,22)/t16-/m0/s1. The Kier molecular flexibility index (Phi) is 6.32. The quantitative estimate of drug-likeness (QED) is 0.593. The Morgan fingerprint density at radius 3 is 2.73 bits per heavy atom. The Morgan fingerprint density at radius 1 is 1.27 bits per heavy atom. The number of ether oxygens (including phenoxy) is 1. The number of carbonyl (C=O) groups excluding carboxylic acids is 1. The normalized spacial score (nSPS) is 16.2. The van der Waals surface area contributed by atoms with Crippen LogP contribution in [0.15, 0.2) is 41.8 Å². The number of hydrogen-bond donors (Lipinski definition) is 1. The molecule has 0 bridgehead atoms. The molecule has 1 aliphatic heterocycles. The van der Waals surface area contributed by atoms with Gasteiger partial charge in [0.25, 0.3) is 5.69 Å². The summed E-state index contributed by atoms with van der Waals surface area (Å²) in [5, 5.41) is 16.1. The van der Waals surface area contributed by atoms with Crippen LogP contribution in [-0.2, 0) is 16.0 Å². The molecule has 1 fully saturated rings. The minimum atomic E-state index is -0.454. The highest BCUT2D eigenvalue weighted by atomic mass is 32.1. The van der Waals surface area contributed by atoms with Crippen LogP contribution in [0.5, 0.6) is 0 Å². The number of hydrogen-bond acceptors (Lipinski definition) is 6. The van der Waals surface area contributed by atoms with Gasteiger partial charge >= 0.3 is 0 Å². The van der Waals surface area contributed by atoms with Crippen LogP contribution in [0.3, 0.4) is 0 Å². The molecule has 2 aromatic rings. The van der Waals surface area contributed by atoms with Crippen molar-refractivity contribution in [3.63, 3.8) is 0 Å². The zero-order chi connectivity index (χ0) is 18.4. The zero-order valence-corrected chi connectivity index (χ0v) is 15.1. The van der Waals surface area contributed by atoms with Gasteiger partial charge in [-0.05, 0) is 11.4 Å². The second kappa shape index (κ2) is 8.88. The van der Waals surface area contributed by atoms with Gasteiger partial charge in [-0.25, -0.2) is 0 Å². The Bertz CT molecular complexity index is 745. The molecule has 7 nitrogen and oxygen atoms in total. The van der Waals surface area contributed by atoms with Gasteiger partial charge in [0.05, 0.1) is 30.6 Å².